The lowest BCUT2D eigenvalue weighted by molar-refractivity contribution is -0.262. The highest BCUT2D eigenvalue weighted by atomic mass is 16.7. The first-order valence-corrected chi connectivity index (χ1v) is 9.54. The summed E-state index contributed by atoms with van der Waals surface area (Å²) < 4.78 is 12.6. The van der Waals surface area contributed by atoms with Gasteiger partial charge in [-0.3, -0.25) is 14.5 Å². The number of amides is 2. The Labute approximate surface area is 155 Å². The molecule has 2 amide bonds. The minimum Gasteiger partial charge on any atom is -0.347 e. The molecule has 5 heteroatoms. The van der Waals surface area contributed by atoms with Gasteiger partial charge in [-0.15, -0.1) is 0 Å². The van der Waals surface area contributed by atoms with Crippen LogP contribution in [0.1, 0.15) is 56.7 Å². The van der Waals surface area contributed by atoms with Crippen LogP contribution in [0.15, 0.2) is 36.4 Å². The van der Waals surface area contributed by atoms with Gasteiger partial charge in [-0.05, 0) is 24.0 Å². The number of benzene rings is 1. The van der Waals surface area contributed by atoms with Gasteiger partial charge in [-0.2, -0.15) is 0 Å². The van der Waals surface area contributed by atoms with E-state index in [0.29, 0.717) is 19.6 Å². The molecule has 0 fully saturated rings. The topological polar surface area (TPSA) is 55.8 Å². The van der Waals surface area contributed by atoms with Crippen LogP contribution in [-0.2, 0) is 25.5 Å². The molecular weight excluding hydrogens is 330 g/mol. The molecule has 1 atom stereocenters. The summed E-state index contributed by atoms with van der Waals surface area (Å²) >= 11 is 0. The molecular formula is C21H27NO4. The van der Waals surface area contributed by atoms with Crippen molar-refractivity contribution in [3.63, 3.8) is 0 Å². The predicted molar refractivity (Wildman–Crippen MR) is 98.3 cm³/mol. The molecule has 0 saturated heterocycles. The third kappa shape index (κ3) is 3.46. The van der Waals surface area contributed by atoms with Gasteiger partial charge >= 0.3 is 0 Å². The average molecular weight is 357 g/mol. The second kappa shape index (κ2) is 8.14. The molecule has 0 saturated carbocycles. The Bertz CT molecular complexity index is 669. The second-order valence-corrected chi connectivity index (χ2v) is 6.87. The van der Waals surface area contributed by atoms with E-state index in [0.717, 1.165) is 36.8 Å². The molecule has 1 aromatic carbocycles. The van der Waals surface area contributed by atoms with Gasteiger partial charge in [0, 0.05) is 18.6 Å². The van der Waals surface area contributed by atoms with Gasteiger partial charge in [0.15, 0.2) is 5.79 Å². The highest BCUT2D eigenvalue weighted by Gasteiger charge is 2.54. The first-order chi connectivity index (χ1) is 12.6. The zero-order chi connectivity index (χ0) is 18.6. The van der Waals surface area contributed by atoms with Crippen molar-refractivity contribution in [3.05, 3.63) is 47.5 Å². The Kier molecular flexibility index (Phi) is 5.89. The summed E-state index contributed by atoms with van der Waals surface area (Å²) in [6.45, 7) is 5.28. The van der Waals surface area contributed by atoms with Crippen molar-refractivity contribution in [2.24, 2.45) is 0 Å². The van der Waals surface area contributed by atoms with E-state index >= 15 is 0 Å². The van der Waals surface area contributed by atoms with E-state index < -0.39 is 11.8 Å². The van der Waals surface area contributed by atoms with Crippen LogP contribution in [0.25, 0.3) is 0 Å². The molecule has 0 aromatic heterocycles. The molecule has 140 valence electrons. The molecule has 0 unspecified atom stereocenters. The lowest BCUT2D eigenvalue weighted by atomic mass is 10.0. The van der Waals surface area contributed by atoms with Crippen molar-refractivity contribution in [3.8, 4) is 0 Å². The maximum Gasteiger partial charge on any atom is 0.254 e. The van der Waals surface area contributed by atoms with Crippen LogP contribution in [0.3, 0.4) is 0 Å². The minimum absolute atomic E-state index is 0.306. The van der Waals surface area contributed by atoms with Gasteiger partial charge in [0.2, 0.25) is 0 Å². The molecule has 5 nitrogen and oxygen atoms in total. The lowest BCUT2D eigenvalue weighted by Gasteiger charge is -2.39. The van der Waals surface area contributed by atoms with E-state index in [-0.39, 0.29) is 11.8 Å². The van der Waals surface area contributed by atoms with Crippen molar-refractivity contribution in [1.82, 2.24) is 4.90 Å². The molecule has 1 heterocycles. The number of nitrogens with zero attached hydrogens (tertiary/aromatic N) is 1. The first-order valence-electron chi connectivity index (χ1n) is 9.54. The first kappa shape index (κ1) is 18.8. The average Bonchev–Trinajstić information content (AvgIpc) is 3.12. The Morgan fingerprint density at radius 3 is 2.15 bits per heavy atom. The second-order valence-electron chi connectivity index (χ2n) is 6.87. The van der Waals surface area contributed by atoms with Crippen molar-refractivity contribution < 1.29 is 19.1 Å². The van der Waals surface area contributed by atoms with Crippen LogP contribution in [0.5, 0.6) is 0 Å². The number of hydrogen-bond donors (Lipinski definition) is 0. The Hall–Kier alpha value is -1.98. The van der Waals surface area contributed by atoms with Gasteiger partial charge in [-0.1, -0.05) is 51.0 Å². The molecule has 26 heavy (non-hydrogen) atoms. The largest absolute Gasteiger partial charge is 0.347 e. The molecule has 1 aromatic rings. The summed E-state index contributed by atoms with van der Waals surface area (Å²) in [7, 11) is 0. The monoisotopic (exact) mass is 357 g/mol. The molecule has 1 aliphatic carbocycles. The Balaban J connectivity index is 1.99. The lowest BCUT2D eigenvalue weighted by Crippen LogP contribution is -2.50. The van der Waals surface area contributed by atoms with Gasteiger partial charge in [0.25, 0.3) is 11.8 Å². The van der Waals surface area contributed by atoms with Crippen LogP contribution in [0.4, 0.5) is 0 Å². The summed E-state index contributed by atoms with van der Waals surface area (Å²) in [4.78, 5) is 26.2. The van der Waals surface area contributed by atoms with E-state index in [2.05, 4.69) is 13.8 Å². The fourth-order valence-corrected chi connectivity index (χ4v) is 3.64. The highest BCUT2D eigenvalue weighted by molar-refractivity contribution is 6.13. The van der Waals surface area contributed by atoms with Crippen molar-refractivity contribution >= 4 is 11.8 Å². The SMILES string of the molecule is CCCCOC1(OCCCC)Cc2ccccc2[C@@H]1N1C(=O)C=CC1=O. The van der Waals surface area contributed by atoms with Crippen LogP contribution >= 0.6 is 0 Å². The highest BCUT2D eigenvalue weighted by Crippen LogP contribution is 2.47. The molecule has 2 aliphatic rings. The van der Waals surface area contributed by atoms with Crippen molar-refractivity contribution in [1.29, 1.82) is 0 Å². The predicted octanol–water partition coefficient (Wildman–Crippen LogP) is 3.54. The van der Waals surface area contributed by atoms with Gasteiger partial charge in [-0.25, -0.2) is 0 Å². The quantitative estimate of drug-likeness (QED) is 0.385. The van der Waals surface area contributed by atoms with Gasteiger partial charge < -0.3 is 9.47 Å². The molecule has 0 N–H and O–H groups in total. The summed E-state index contributed by atoms with van der Waals surface area (Å²) in [5, 5.41) is 0. The number of fused-ring (bicyclic) bond motifs is 1. The Morgan fingerprint density at radius 2 is 1.58 bits per heavy atom. The molecule has 0 bridgehead atoms. The van der Waals surface area contributed by atoms with E-state index in [4.69, 9.17) is 9.47 Å². The number of ether oxygens (including phenoxy) is 2. The minimum atomic E-state index is -1.01. The normalized spacial score (nSPS) is 20.8. The summed E-state index contributed by atoms with van der Waals surface area (Å²) in [6.07, 6.45) is 7.01. The smallest absolute Gasteiger partial charge is 0.254 e. The number of carbonyl (C=O) groups is 2. The zero-order valence-electron chi connectivity index (χ0n) is 15.6. The van der Waals surface area contributed by atoms with Crippen molar-refractivity contribution in [2.75, 3.05) is 13.2 Å². The van der Waals surface area contributed by atoms with E-state index in [1.165, 1.54) is 17.1 Å². The summed E-state index contributed by atoms with van der Waals surface area (Å²) in [6, 6.07) is 7.33. The van der Waals surface area contributed by atoms with Gasteiger partial charge in [0.05, 0.1) is 13.2 Å². The fourth-order valence-electron chi connectivity index (χ4n) is 3.64. The standard InChI is InChI=1S/C21H27NO4/c1-3-5-13-25-21(26-14-6-4-2)15-16-9-7-8-10-17(16)20(21)22-18(23)11-12-19(22)24/h7-12,20H,3-6,13-15H2,1-2H3/t20-/m0/s1. The number of hydrogen-bond acceptors (Lipinski definition) is 4. The molecule has 0 radical (unpaired) electrons. The van der Waals surface area contributed by atoms with Crippen LogP contribution < -0.4 is 0 Å². The number of rotatable bonds is 9. The molecule has 0 spiro atoms. The fraction of sp³-hybridized carbons (Fsp3) is 0.524. The summed E-state index contributed by atoms with van der Waals surface area (Å²) in [5.74, 6) is -1.62. The van der Waals surface area contributed by atoms with Crippen molar-refractivity contribution in [2.45, 2.75) is 57.8 Å². The third-order valence-corrected chi connectivity index (χ3v) is 4.99. The van der Waals surface area contributed by atoms with E-state index in [9.17, 15) is 9.59 Å². The maximum atomic E-state index is 12.4. The van der Waals surface area contributed by atoms with E-state index in [1.54, 1.807) is 0 Å². The number of carbonyl (C=O) groups excluding carboxylic acids is 2. The van der Waals surface area contributed by atoms with Gasteiger partial charge in [0.1, 0.15) is 6.04 Å². The third-order valence-electron chi connectivity index (χ3n) is 4.99. The Morgan fingerprint density at radius 1 is 1.00 bits per heavy atom. The summed E-state index contributed by atoms with van der Waals surface area (Å²) in [5.41, 5.74) is 2.00. The maximum absolute atomic E-state index is 12.4. The number of unbranched alkanes of at least 4 members (excludes halogenated alkanes) is 2. The van der Waals surface area contributed by atoms with Crippen LogP contribution in [0, 0.1) is 0 Å². The van der Waals surface area contributed by atoms with E-state index in [1.807, 2.05) is 24.3 Å². The number of imide groups is 1. The zero-order valence-corrected chi connectivity index (χ0v) is 15.6. The van der Waals surface area contributed by atoms with Crippen LogP contribution in [-0.4, -0.2) is 35.7 Å². The van der Waals surface area contributed by atoms with Crippen LogP contribution in [0.2, 0.25) is 0 Å². The molecule has 3 rings (SSSR count). The molecule has 1 aliphatic heterocycles.